The van der Waals surface area contributed by atoms with E-state index >= 15 is 0 Å². The number of halogens is 2. The summed E-state index contributed by atoms with van der Waals surface area (Å²) in [5, 5.41) is 3.53. The normalized spacial score (nSPS) is 20.8. The molecule has 2 atom stereocenters. The van der Waals surface area contributed by atoms with Gasteiger partial charge in [0, 0.05) is 5.92 Å². The molecule has 6 heteroatoms. The van der Waals surface area contributed by atoms with E-state index in [0.29, 0.717) is 10.0 Å². The van der Waals surface area contributed by atoms with Crippen LogP contribution in [0.3, 0.4) is 0 Å². The Bertz CT molecular complexity index is 519. The highest BCUT2D eigenvalue weighted by Gasteiger charge is 2.44. The Balaban J connectivity index is 1.91. The largest absolute Gasteiger partial charge is 0.468 e. The average Bonchev–Trinajstić information content (AvgIpc) is 3.19. The second kappa shape index (κ2) is 5.80. The molecule has 0 saturated heterocycles. The molecule has 0 heterocycles. The number of methoxy groups -OCH3 is 1. The summed E-state index contributed by atoms with van der Waals surface area (Å²) >= 11 is 11.8. The molecule has 1 aromatic rings. The van der Waals surface area contributed by atoms with E-state index in [0.717, 1.165) is 12.0 Å². The number of esters is 1. The van der Waals surface area contributed by atoms with E-state index in [-0.39, 0.29) is 24.3 Å². The topological polar surface area (TPSA) is 55.4 Å². The van der Waals surface area contributed by atoms with Crippen molar-refractivity contribution in [3.05, 3.63) is 33.8 Å². The molecule has 0 aliphatic heterocycles. The first-order chi connectivity index (χ1) is 9.02. The smallest absolute Gasteiger partial charge is 0.325 e. The van der Waals surface area contributed by atoms with Crippen LogP contribution in [-0.2, 0) is 14.3 Å². The number of rotatable bonds is 4. The highest BCUT2D eigenvalue weighted by atomic mass is 35.5. The first kappa shape index (κ1) is 14.2. The summed E-state index contributed by atoms with van der Waals surface area (Å²) in [5.41, 5.74) is 0.993. The van der Waals surface area contributed by atoms with Crippen LogP contribution in [0.15, 0.2) is 18.2 Å². The molecule has 19 heavy (non-hydrogen) atoms. The fourth-order valence-corrected chi connectivity index (χ4v) is 2.27. The van der Waals surface area contributed by atoms with Crippen LogP contribution in [0, 0.1) is 5.92 Å². The van der Waals surface area contributed by atoms with Crippen molar-refractivity contribution in [1.29, 1.82) is 0 Å². The molecule has 0 spiro atoms. The lowest BCUT2D eigenvalue weighted by atomic mass is 10.1. The van der Waals surface area contributed by atoms with Gasteiger partial charge in [-0.3, -0.25) is 9.59 Å². The Kier molecular flexibility index (Phi) is 4.32. The Morgan fingerprint density at radius 1 is 1.37 bits per heavy atom. The Morgan fingerprint density at radius 3 is 2.74 bits per heavy atom. The van der Waals surface area contributed by atoms with E-state index in [4.69, 9.17) is 23.2 Å². The molecule has 0 aromatic heterocycles. The molecular formula is C13H13Cl2NO3. The fourth-order valence-electron chi connectivity index (χ4n) is 1.96. The molecule has 0 radical (unpaired) electrons. The van der Waals surface area contributed by atoms with Gasteiger partial charge in [0.1, 0.15) is 6.54 Å². The van der Waals surface area contributed by atoms with Crippen LogP contribution in [0.4, 0.5) is 0 Å². The molecule has 1 N–H and O–H groups in total. The van der Waals surface area contributed by atoms with Gasteiger partial charge in [-0.15, -0.1) is 0 Å². The predicted octanol–water partition coefficient (Wildman–Crippen LogP) is 2.39. The lowest BCUT2D eigenvalue weighted by molar-refractivity contribution is -0.141. The predicted molar refractivity (Wildman–Crippen MR) is 72.3 cm³/mol. The minimum atomic E-state index is -0.458. The number of carbonyl (C=O) groups excluding carboxylic acids is 2. The summed E-state index contributed by atoms with van der Waals surface area (Å²) < 4.78 is 4.46. The summed E-state index contributed by atoms with van der Waals surface area (Å²) in [7, 11) is 1.28. The summed E-state index contributed by atoms with van der Waals surface area (Å²) in [4.78, 5) is 22.7. The molecule has 1 fully saturated rings. The van der Waals surface area contributed by atoms with Crippen molar-refractivity contribution >= 4 is 35.1 Å². The molecule has 102 valence electrons. The average molecular weight is 302 g/mol. The lowest BCUT2D eigenvalue weighted by Crippen LogP contribution is -2.31. The van der Waals surface area contributed by atoms with Crippen molar-refractivity contribution in [1.82, 2.24) is 5.32 Å². The number of hydrogen-bond acceptors (Lipinski definition) is 3. The maximum Gasteiger partial charge on any atom is 0.325 e. The van der Waals surface area contributed by atoms with E-state index in [9.17, 15) is 9.59 Å². The minimum absolute atomic E-state index is 0.0973. The zero-order valence-corrected chi connectivity index (χ0v) is 11.8. The van der Waals surface area contributed by atoms with Gasteiger partial charge in [0.2, 0.25) is 5.91 Å². The highest BCUT2D eigenvalue weighted by molar-refractivity contribution is 6.42. The van der Waals surface area contributed by atoms with Gasteiger partial charge in [-0.05, 0) is 30.0 Å². The van der Waals surface area contributed by atoms with Crippen LogP contribution >= 0.6 is 23.2 Å². The third-order valence-electron chi connectivity index (χ3n) is 3.13. The standard InChI is InChI=1S/C13H13Cl2NO3/c1-19-12(17)6-16-13(18)9-5-8(9)7-2-3-10(14)11(15)4-7/h2-4,8-9H,5-6H2,1H3,(H,16,18)/t8-,9-/m1/s1. The van der Waals surface area contributed by atoms with Gasteiger partial charge >= 0.3 is 5.97 Å². The number of carbonyl (C=O) groups is 2. The lowest BCUT2D eigenvalue weighted by Gasteiger charge is -2.04. The van der Waals surface area contributed by atoms with Gasteiger partial charge in [0.05, 0.1) is 17.2 Å². The fraction of sp³-hybridized carbons (Fsp3) is 0.385. The molecule has 0 bridgehead atoms. The molecule has 0 unspecified atom stereocenters. The number of benzene rings is 1. The van der Waals surface area contributed by atoms with Crippen LogP contribution in [0.1, 0.15) is 17.9 Å². The highest BCUT2D eigenvalue weighted by Crippen LogP contribution is 2.48. The molecule has 2 rings (SSSR count). The van der Waals surface area contributed by atoms with Gasteiger partial charge in [-0.25, -0.2) is 0 Å². The van der Waals surface area contributed by atoms with E-state index < -0.39 is 5.97 Å². The van der Waals surface area contributed by atoms with Crippen molar-refractivity contribution in [3.63, 3.8) is 0 Å². The molecule has 1 saturated carbocycles. The third kappa shape index (κ3) is 3.39. The first-order valence-corrected chi connectivity index (χ1v) is 6.58. The van der Waals surface area contributed by atoms with E-state index in [1.54, 1.807) is 12.1 Å². The quantitative estimate of drug-likeness (QED) is 0.869. The van der Waals surface area contributed by atoms with Crippen molar-refractivity contribution in [3.8, 4) is 0 Å². The molecule has 1 aromatic carbocycles. The Labute approximate surface area is 121 Å². The van der Waals surface area contributed by atoms with Crippen molar-refractivity contribution in [2.45, 2.75) is 12.3 Å². The van der Waals surface area contributed by atoms with Crippen LogP contribution in [0.2, 0.25) is 10.0 Å². The molecular weight excluding hydrogens is 289 g/mol. The van der Waals surface area contributed by atoms with Crippen molar-refractivity contribution in [2.24, 2.45) is 5.92 Å². The van der Waals surface area contributed by atoms with E-state index in [2.05, 4.69) is 10.1 Å². The summed E-state index contributed by atoms with van der Waals surface area (Å²) in [6.07, 6.45) is 0.755. The summed E-state index contributed by atoms with van der Waals surface area (Å²) in [6.45, 7) is -0.0973. The van der Waals surface area contributed by atoms with Gasteiger partial charge in [0.25, 0.3) is 0 Å². The molecule has 1 aliphatic rings. The monoisotopic (exact) mass is 301 g/mol. The van der Waals surface area contributed by atoms with Crippen molar-refractivity contribution in [2.75, 3.05) is 13.7 Å². The Hall–Kier alpha value is -1.26. The van der Waals surface area contributed by atoms with Crippen LogP contribution in [0.5, 0.6) is 0 Å². The molecule has 4 nitrogen and oxygen atoms in total. The zero-order chi connectivity index (χ0) is 14.0. The number of ether oxygens (including phenoxy) is 1. The van der Waals surface area contributed by atoms with E-state index in [1.165, 1.54) is 7.11 Å². The maximum absolute atomic E-state index is 11.8. The molecule has 1 amide bonds. The maximum atomic E-state index is 11.8. The summed E-state index contributed by atoms with van der Waals surface area (Å²) in [5.74, 6) is -0.559. The first-order valence-electron chi connectivity index (χ1n) is 5.82. The molecule has 1 aliphatic carbocycles. The van der Waals surface area contributed by atoms with E-state index in [1.807, 2.05) is 6.07 Å². The van der Waals surface area contributed by atoms with Gasteiger partial charge < -0.3 is 10.1 Å². The van der Waals surface area contributed by atoms with Crippen molar-refractivity contribution < 1.29 is 14.3 Å². The third-order valence-corrected chi connectivity index (χ3v) is 3.87. The van der Waals surface area contributed by atoms with Gasteiger partial charge in [-0.1, -0.05) is 29.3 Å². The van der Waals surface area contributed by atoms with Crippen LogP contribution in [0.25, 0.3) is 0 Å². The number of nitrogens with one attached hydrogen (secondary N) is 1. The SMILES string of the molecule is COC(=O)CNC(=O)[C@@H]1C[C@@H]1c1ccc(Cl)c(Cl)c1. The van der Waals surface area contributed by atoms with Crippen LogP contribution in [-0.4, -0.2) is 25.5 Å². The second-order valence-electron chi connectivity index (χ2n) is 4.42. The summed E-state index contributed by atoms with van der Waals surface area (Å²) in [6, 6.07) is 5.37. The zero-order valence-electron chi connectivity index (χ0n) is 10.3. The van der Waals surface area contributed by atoms with Gasteiger partial charge in [0.15, 0.2) is 0 Å². The minimum Gasteiger partial charge on any atom is -0.468 e. The second-order valence-corrected chi connectivity index (χ2v) is 5.23. The van der Waals surface area contributed by atoms with Gasteiger partial charge in [-0.2, -0.15) is 0 Å². The Morgan fingerprint density at radius 2 is 2.11 bits per heavy atom. The van der Waals surface area contributed by atoms with Crippen LogP contribution < -0.4 is 5.32 Å². The number of hydrogen-bond donors (Lipinski definition) is 1. The number of amides is 1.